The summed E-state index contributed by atoms with van der Waals surface area (Å²) >= 11 is 5.81. The molecule has 0 radical (unpaired) electrons. The molecule has 0 aliphatic rings. The molecule has 142 valence electrons. The van der Waals surface area contributed by atoms with Crippen LogP contribution < -0.4 is 15.8 Å². The third-order valence-electron chi connectivity index (χ3n) is 3.57. The molecule has 2 rings (SSSR count). The van der Waals surface area contributed by atoms with E-state index in [1.54, 1.807) is 12.1 Å². The minimum Gasteiger partial charge on any atom is -0.370 e. The number of benzene rings is 2. The molecular formula is C17H22ClIN4O2S. The molecule has 0 aromatic heterocycles. The van der Waals surface area contributed by atoms with Crippen LogP contribution in [0, 0.1) is 13.8 Å². The maximum absolute atomic E-state index is 12.1. The van der Waals surface area contributed by atoms with Gasteiger partial charge in [0.15, 0.2) is 5.96 Å². The van der Waals surface area contributed by atoms with Crippen molar-refractivity contribution in [2.75, 3.05) is 18.4 Å². The van der Waals surface area contributed by atoms with Gasteiger partial charge in [-0.1, -0.05) is 23.7 Å². The Morgan fingerprint density at radius 3 is 2.54 bits per heavy atom. The van der Waals surface area contributed by atoms with Crippen molar-refractivity contribution in [1.29, 1.82) is 0 Å². The smallest absolute Gasteiger partial charge is 0.240 e. The molecule has 0 spiro atoms. The van der Waals surface area contributed by atoms with E-state index in [4.69, 9.17) is 17.3 Å². The van der Waals surface area contributed by atoms with Gasteiger partial charge < -0.3 is 11.1 Å². The van der Waals surface area contributed by atoms with Crippen molar-refractivity contribution in [3.8, 4) is 0 Å². The van der Waals surface area contributed by atoms with Crippen LogP contribution in [0.5, 0.6) is 0 Å². The molecule has 0 aliphatic carbocycles. The Labute approximate surface area is 176 Å². The fraction of sp³-hybridized carbons (Fsp3) is 0.235. The lowest BCUT2D eigenvalue weighted by Gasteiger charge is -2.09. The van der Waals surface area contributed by atoms with Gasteiger partial charge in [-0.2, -0.15) is 0 Å². The van der Waals surface area contributed by atoms with E-state index in [0.29, 0.717) is 5.02 Å². The summed E-state index contributed by atoms with van der Waals surface area (Å²) in [5, 5.41) is 3.34. The number of aliphatic imine (C=N–C) groups is 1. The highest BCUT2D eigenvalue weighted by molar-refractivity contribution is 14.0. The van der Waals surface area contributed by atoms with Crippen LogP contribution in [0.15, 0.2) is 52.4 Å². The number of guanidine groups is 1. The summed E-state index contributed by atoms with van der Waals surface area (Å²) in [5.41, 5.74) is 8.99. The van der Waals surface area contributed by atoms with E-state index in [1.165, 1.54) is 17.7 Å². The van der Waals surface area contributed by atoms with E-state index >= 15 is 0 Å². The van der Waals surface area contributed by atoms with Crippen LogP contribution in [0.4, 0.5) is 5.69 Å². The first-order valence-electron chi connectivity index (χ1n) is 7.67. The summed E-state index contributed by atoms with van der Waals surface area (Å²) < 4.78 is 26.7. The van der Waals surface area contributed by atoms with Gasteiger partial charge in [-0.05, 0) is 55.3 Å². The summed E-state index contributed by atoms with van der Waals surface area (Å²) in [5.74, 6) is 0.227. The van der Waals surface area contributed by atoms with Gasteiger partial charge in [0.1, 0.15) is 0 Å². The molecule has 0 atom stereocenters. The Morgan fingerprint density at radius 1 is 1.15 bits per heavy atom. The van der Waals surface area contributed by atoms with Gasteiger partial charge in [0.2, 0.25) is 10.0 Å². The summed E-state index contributed by atoms with van der Waals surface area (Å²) in [6, 6.07) is 11.9. The van der Waals surface area contributed by atoms with Crippen molar-refractivity contribution in [3.63, 3.8) is 0 Å². The van der Waals surface area contributed by atoms with Crippen molar-refractivity contribution in [3.05, 3.63) is 58.6 Å². The van der Waals surface area contributed by atoms with Crippen LogP contribution in [-0.2, 0) is 10.0 Å². The summed E-state index contributed by atoms with van der Waals surface area (Å²) in [6.45, 7) is 4.38. The second-order valence-corrected chi connectivity index (χ2v) is 7.75. The molecule has 9 heteroatoms. The van der Waals surface area contributed by atoms with E-state index in [-0.39, 0.29) is 47.9 Å². The van der Waals surface area contributed by atoms with Gasteiger partial charge in [0.25, 0.3) is 0 Å². The van der Waals surface area contributed by atoms with Gasteiger partial charge in [-0.25, -0.2) is 13.1 Å². The van der Waals surface area contributed by atoms with Crippen molar-refractivity contribution < 1.29 is 8.42 Å². The first kappa shape index (κ1) is 22.7. The molecule has 0 bridgehead atoms. The minimum atomic E-state index is -3.61. The molecule has 0 aliphatic heterocycles. The Bertz CT molecular complexity index is 888. The number of nitrogens with one attached hydrogen (secondary N) is 2. The maximum atomic E-state index is 12.1. The monoisotopic (exact) mass is 508 g/mol. The normalized spacial score (nSPS) is 11.7. The van der Waals surface area contributed by atoms with Gasteiger partial charge in [0, 0.05) is 17.3 Å². The van der Waals surface area contributed by atoms with Gasteiger partial charge >= 0.3 is 0 Å². The van der Waals surface area contributed by atoms with Crippen LogP contribution in [0.2, 0.25) is 5.02 Å². The Balaban J connectivity index is 0.00000338. The highest BCUT2D eigenvalue weighted by Gasteiger charge is 2.13. The van der Waals surface area contributed by atoms with E-state index in [2.05, 4.69) is 15.0 Å². The Kier molecular flexibility index (Phi) is 8.81. The van der Waals surface area contributed by atoms with Crippen LogP contribution in [0.3, 0.4) is 0 Å². The molecule has 0 saturated carbocycles. The van der Waals surface area contributed by atoms with Gasteiger partial charge in [-0.15, -0.1) is 24.0 Å². The van der Waals surface area contributed by atoms with Gasteiger partial charge in [-0.3, -0.25) is 4.99 Å². The van der Waals surface area contributed by atoms with Crippen molar-refractivity contribution in [2.45, 2.75) is 18.7 Å². The molecule has 2 aromatic carbocycles. The number of sulfonamides is 1. The number of hydrogen-bond acceptors (Lipinski definition) is 3. The Hall–Kier alpha value is -1.36. The second-order valence-electron chi connectivity index (χ2n) is 5.55. The standard InChI is InChI=1S/C17H21ClN4O2S.HI/c1-12-6-7-15(10-13(12)2)22-17(19)20-8-9-21-25(23,24)16-5-3-4-14(18)11-16;/h3-7,10-11,21H,8-9H2,1-2H3,(H3,19,20,22);1H. The fourth-order valence-electron chi connectivity index (χ4n) is 2.08. The number of rotatable bonds is 6. The number of hydrogen-bond donors (Lipinski definition) is 3. The van der Waals surface area contributed by atoms with E-state index in [0.717, 1.165) is 11.3 Å². The topological polar surface area (TPSA) is 96.6 Å². The van der Waals surface area contributed by atoms with Crippen LogP contribution in [0.1, 0.15) is 11.1 Å². The van der Waals surface area contributed by atoms with E-state index < -0.39 is 10.0 Å². The zero-order valence-electron chi connectivity index (χ0n) is 14.5. The lowest BCUT2D eigenvalue weighted by Crippen LogP contribution is -2.28. The number of anilines is 1. The van der Waals surface area contributed by atoms with E-state index in [1.807, 2.05) is 32.0 Å². The zero-order chi connectivity index (χ0) is 18.4. The lowest BCUT2D eigenvalue weighted by molar-refractivity contribution is 0.582. The van der Waals surface area contributed by atoms with E-state index in [9.17, 15) is 8.42 Å². The summed E-state index contributed by atoms with van der Waals surface area (Å²) in [6.07, 6.45) is 0. The quantitative estimate of drug-likeness (QED) is 0.241. The predicted octanol–water partition coefficient (Wildman–Crippen LogP) is 3.28. The number of nitrogens with zero attached hydrogens (tertiary/aromatic N) is 1. The van der Waals surface area contributed by atoms with Crippen molar-refractivity contribution >= 4 is 57.2 Å². The molecule has 0 saturated heterocycles. The number of nitrogens with two attached hydrogens (primary N) is 1. The molecule has 2 aromatic rings. The highest BCUT2D eigenvalue weighted by atomic mass is 127. The minimum absolute atomic E-state index is 0. The van der Waals surface area contributed by atoms with Crippen LogP contribution in [-0.4, -0.2) is 27.5 Å². The largest absolute Gasteiger partial charge is 0.370 e. The molecule has 4 N–H and O–H groups in total. The van der Waals surface area contributed by atoms with Crippen molar-refractivity contribution in [2.24, 2.45) is 10.7 Å². The van der Waals surface area contributed by atoms with Crippen molar-refractivity contribution in [1.82, 2.24) is 4.72 Å². The van der Waals surface area contributed by atoms with Crippen LogP contribution in [0.25, 0.3) is 0 Å². The van der Waals surface area contributed by atoms with Crippen LogP contribution >= 0.6 is 35.6 Å². The SMILES string of the molecule is Cc1ccc(NC(N)=NCCNS(=O)(=O)c2cccc(Cl)c2)cc1C.I. The summed E-state index contributed by atoms with van der Waals surface area (Å²) in [4.78, 5) is 4.23. The average Bonchev–Trinajstić information content (AvgIpc) is 2.55. The Morgan fingerprint density at radius 2 is 1.88 bits per heavy atom. The maximum Gasteiger partial charge on any atom is 0.240 e. The third-order valence-corrected chi connectivity index (χ3v) is 5.27. The molecular weight excluding hydrogens is 487 g/mol. The predicted molar refractivity (Wildman–Crippen MR) is 118 cm³/mol. The average molecular weight is 509 g/mol. The molecule has 0 unspecified atom stereocenters. The molecule has 6 nitrogen and oxygen atoms in total. The van der Waals surface area contributed by atoms with Gasteiger partial charge in [0.05, 0.1) is 11.4 Å². The third kappa shape index (κ3) is 6.75. The summed E-state index contributed by atoms with van der Waals surface area (Å²) in [7, 11) is -3.61. The fourth-order valence-corrected chi connectivity index (χ4v) is 3.40. The number of aryl methyl sites for hydroxylation is 2. The lowest BCUT2D eigenvalue weighted by atomic mass is 10.1. The zero-order valence-corrected chi connectivity index (χ0v) is 18.4. The molecule has 0 heterocycles. The second kappa shape index (κ2) is 10.1. The highest BCUT2D eigenvalue weighted by Crippen LogP contribution is 2.15. The molecule has 26 heavy (non-hydrogen) atoms. The number of halogens is 2. The molecule has 0 amide bonds. The molecule has 0 fully saturated rings. The first-order valence-corrected chi connectivity index (χ1v) is 9.53. The first-order chi connectivity index (χ1) is 11.8.